The van der Waals surface area contributed by atoms with Crippen molar-refractivity contribution in [1.82, 2.24) is 0 Å². The molecule has 0 unspecified atom stereocenters. The molecule has 2 saturated carbocycles. The smallest absolute Gasteiger partial charge is 0.169 e. The lowest BCUT2D eigenvalue weighted by Crippen LogP contribution is -2.64. The molecule has 3 aliphatic rings. The van der Waals surface area contributed by atoms with Crippen LogP contribution in [-0.4, -0.2) is 59.2 Å². The zero-order chi connectivity index (χ0) is 19.6. The number of ether oxygens (including phenoxy) is 4. The standard InChI is InChI=1S/C22H30O6/c1-2-13-25-18-16(23)17(24)19(26-14-15-9-5-3-6-10-15)21-20(18)27-22(28-21)11-7-4-8-12-22/h2-3,5-6,9-10,16-21,23-24H,1,4,7-8,11-14H2/t16-,17+,18-,19+,20-,21-/m1/s1. The van der Waals surface area contributed by atoms with Crippen molar-refractivity contribution in [3.8, 4) is 0 Å². The Labute approximate surface area is 166 Å². The van der Waals surface area contributed by atoms with Crippen molar-refractivity contribution in [2.24, 2.45) is 0 Å². The molecule has 28 heavy (non-hydrogen) atoms. The molecule has 1 saturated heterocycles. The Morgan fingerprint density at radius 3 is 2.18 bits per heavy atom. The average Bonchev–Trinajstić information content (AvgIpc) is 3.07. The lowest BCUT2D eigenvalue weighted by molar-refractivity contribution is -0.219. The zero-order valence-corrected chi connectivity index (χ0v) is 16.1. The van der Waals surface area contributed by atoms with Gasteiger partial charge in [0.1, 0.15) is 36.6 Å². The number of hydrogen-bond acceptors (Lipinski definition) is 6. The summed E-state index contributed by atoms with van der Waals surface area (Å²) in [6.45, 7) is 4.26. The summed E-state index contributed by atoms with van der Waals surface area (Å²) in [6, 6.07) is 9.76. The fourth-order valence-electron chi connectivity index (χ4n) is 4.60. The first kappa shape index (κ1) is 20.0. The average molecular weight is 390 g/mol. The van der Waals surface area contributed by atoms with Gasteiger partial charge in [-0.1, -0.05) is 42.8 Å². The Hall–Kier alpha value is -1.28. The van der Waals surface area contributed by atoms with Crippen molar-refractivity contribution in [1.29, 1.82) is 0 Å². The summed E-state index contributed by atoms with van der Waals surface area (Å²) in [5, 5.41) is 21.5. The van der Waals surface area contributed by atoms with Gasteiger partial charge in [-0.3, -0.25) is 0 Å². The molecule has 1 heterocycles. The lowest BCUT2D eigenvalue weighted by atomic mass is 9.84. The van der Waals surface area contributed by atoms with Gasteiger partial charge in [-0.05, 0) is 18.4 Å². The van der Waals surface area contributed by atoms with E-state index in [-0.39, 0.29) is 6.61 Å². The Bertz CT molecular complexity index is 644. The Morgan fingerprint density at radius 1 is 0.964 bits per heavy atom. The second-order valence-electron chi connectivity index (χ2n) is 7.97. The molecule has 2 aliphatic carbocycles. The van der Waals surface area contributed by atoms with Gasteiger partial charge in [0.2, 0.25) is 0 Å². The molecule has 0 amide bonds. The van der Waals surface area contributed by atoms with Gasteiger partial charge in [0.25, 0.3) is 0 Å². The Balaban J connectivity index is 1.55. The van der Waals surface area contributed by atoms with Crippen molar-refractivity contribution in [3.05, 3.63) is 48.6 Å². The van der Waals surface area contributed by atoms with E-state index < -0.39 is 42.4 Å². The summed E-state index contributed by atoms with van der Waals surface area (Å²) in [6.07, 6.45) is 1.89. The Kier molecular flexibility index (Phi) is 6.16. The first-order valence-corrected chi connectivity index (χ1v) is 10.2. The van der Waals surface area contributed by atoms with Crippen LogP contribution in [-0.2, 0) is 25.6 Å². The summed E-state index contributed by atoms with van der Waals surface area (Å²) >= 11 is 0. The maximum absolute atomic E-state index is 10.8. The van der Waals surface area contributed by atoms with Gasteiger partial charge in [0, 0.05) is 12.8 Å². The molecule has 0 radical (unpaired) electrons. The van der Waals surface area contributed by atoms with E-state index in [2.05, 4.69) is 6.58 Å². The number of rotatable bonds is 6. The molecular weight excluding hydrogens is 360 g/mol. The number of benzene rings is 1. The lowest BCUT2D eigenvalue weighted by Gasteiger charge is -2.42. The number of fused-ring (bicyclic) bond motifs is 1. The van der Waals surface area contributed by atoms with Gasteiger partial charge in [-0.15, -0.1) is 6.58 Å². The highest BCUT2D eigenvalue weighted by Gasteiger charge is 2.61. The second-order valence-corrected chi connectivity index (χ2v) is 7.97. The fourth-order valence-corrected chi connectivity index (χ4v) is 4.60. The maximum Gasteiger partial charge on any atom is 0.169 e. The molecule has 1 aromatic rings. The molecule has 0 aromatic heterocycles. The second kappa shape index (κ2) is 8.61. The monoisotopic (exact) mass is 390 g/mol. The molecule has 6 nitrogen and oxygen atoms in total. The van der Waals surface area contributed by atoms with E-state index in [1.165, 1.54) is 6.42 Å². The molecule has 4 rings (SSSR count). The highest BCUT2D eigenvalue weighted by Crippen LogP contribution is 2.46. The van der Waals surface area contributed by atoms with Gasteiger partial charge in [0.05, 0.1) is 13.2 Å². The highest BCUT2D eigenvalue weighted by atomic mass is 16.8. The van der Waals surface area contributed by atoms with E-state index >= 15 is 0 Å². The minimum absolute atomic E-state index is 0.267. The minimum atomic E-state index is -1.12. The first-order valence-electron chi connectivity index (χ1n) is 10.2. The van der Waals surface area contributed by atoms with E-state index in [0.29, 0.717) is 6.61 Å². The number of aliphatic hydroxyl groups is 2. The summed E-state index contributed by atoms with van der Waals surface area (Å²) in [5.74, 6) is -0.665. The van der Waals surface area contributed by atoms with Crippen LogP contribution in [0.15, 0.2) is 43.0 Å². The molecule has 1 spiro atoms. The minimum Gasteiger partial charge on any atom is -0.387 e. The van der Waals surface area contributed by atoms with Gasteiger partial charge in [-0.2, -0.15) is 0 Å². The molecule has 2 N–H and O–H groups in total. The van der Waals surface area contributed by atoms with Gasteiger partial charge < -0.3 is 29.2 Å². The molecule has 6 atom stereocenters. The summed E-state index contributed by atoms with van der Waals surface area (Å²) in [4.78, 5) is 0. The van der Waals surface area contributed by atoms with E-state index in [1.807, 2.05) is 30.3 Å². The molecule has 1 aliphatic heterocycles. The summed E-state index contributed by atoms with van der Waals surface area (Å²) in [7, 11) is 0. The van der Waals surface area contributed by atoms with Crippen LogP contribution in [0.3, 0.4) is 0 Å². The number of aliphatic hydroxyl groups excluding tert-OH is 2. The van der Waals surface area contributed by atoms with Crippen LogP contribution < -0.4 is 0 Å². The topological polar surface area (TPSA) is 77.4 Å². The third-order valence-electron chi connectivity index (χ3n) is 6.00. The van der Waals surface area contributed by atoms with Crippen molar-refractivity contribution < 1.29 is 29.2 Å². The quantitative estimate of drug-likeness (QED) is 0.726. The molecule has 6 heteroatoms. The zero-order valence-electron chi connectivity index (χ0n) is 16.1. The van der Waals surface area contributed by atoms with Crippen LogP contribution in [0.5, 0.6) is 0 Å². The van der Waals surface area contributed by atoms with Crippen LogP contribution >= 0.6 is 0 Å². The van der Waals surface area contributed by atoms with Crippen LogP contribution in [0, 0.1) is 0 Å². The molecular formula is C22H30O6. The summed E-state index contributed by atoms with van der Waals surface area (Å²) < 4.78 is 24.6. The third-order valence-corrected chi connectivity index (χ3v) is 6.00. The van der Waals surface area contributed by atoms with Crippen LogP contribution in [0.25, 0.3) is 0 Å². The highest BCUT2D eigenvalue weighted by molar-refractivity contribution is 5.14. The SMILES string of the molecule is C=CCO[C@@H]1[C@H](O)[C@H](O)[C@H](OCc2ccccc2)[C@H]2OC3(CCCCC3)O[C@@H]21. The molecule has 3 fully saturated rings. The first-order chi connectivity index (χ1) is 13.6. The maximum atomic E-state index is 10.8. The van der Waals surface area contributed by atoms with Crippen LogP contribution in [0.1, 0.15) is 37.7 Å². The predicted octanol–water partition coefficient (Wildman–Crippen LogP) is 2.32. The molecule has 0 bridgehead atoms. The molecule has 154 valence electrons. The van der Waals surface area contributed by atoms with Gasteiger partial charge in [-0.25, -0.2) is 0 Å². The van der Waals surface area contributed by atoms with Crippen molar-refractivity contribution in [2.75, 3.05) is 6.61 Å². The predicted molar refractivity (Wildman–Crippen MR) is 103 cm³/mol. The normalized spacial score (nSPS) is 36.9. The van der Waals surface area contributed by atoms with E-state index in [1.54, 1.807) is 6.08 Å². The van der Waals surface area contributed by atoms with E-state index in [0.717, 1.165) is 31.2 Å². The van der Waals surface area contributed by atoms with Crippen molar-refractivity contribution >= 4 is 0 Å². The van der Waals surface area contributed by atoms with E-state index in [9.17, 15) is 10.2 Å². The van der Waals surface area contributed by atoms with Crippen LogP contribution in [0.4, 0.5) is 0 Å². The Morgan fingerprint density at radius 2 is 1.57 bits per heavy atom. The third kappa shape index (κ3) is 3.90. The van der Waals surface area contributed by atoms with Crippen molar-refractivity contribution in [3.63, 3.8) is 0 Å². The summed E-state index contributed by atoms with van der Waals surface area (Å²) in [5.41, 5.74) is 0.997. The largest absolute Gasteiger partial charge is 0.387 e. The number of hydrogen-bond donors (Lipinski definition) is 2. The van der Waals surface area contributed by atoms with E-state index in [4.69, 9.17) is 18.9 Å². The van der Waals surface area contributed by atoms with Crippen LogP contribution in [0.2, 0.25) is 0 Å². The van der Waals surface area contributed by atoms with Gasteiger partial charge >= 0.3 is 0 Å². The molecule has 1 aromatic carbocycles. The van der Waals surface area contributed by atoms with Gasteiger partial charge in [0.15, 0.2) is 5.79 Å². The van der Waals surface area contributed by atoms with Crippen molar-refractivity contribution in [2.45, 2.75) is 81.1 Å². The fraction of sp³-hybridized carbons (Fsp3) is 0.636.